The van der Waals surface area contributed by atoms with Crippen LogP contribution in [0, 0.1) is 5.41 Å². The van der Waals surface area contributed by atoms with Crippen molar-refractivity contribution in [2.24, 2.45) is 5.41 Å². The molecule has 1 atom stereocenters. The van der Waals surface area contributed by atoms with Gasteiger partial charge in [-0.15, -0.1) is 0 Å². The smallest absolute Gasteiger partial charge is 0.325 e. The van der Waals surface area contributed by atoms with Gasteiger partial charge in [-0.25, -0.2) is 0 Å². The number of halogens is 1. The highest BCUT2D eigenvalue weighted by Gasteiger charge is 2.52. The van der Waals surface area contributed by atoms with Crippen LogP contribution in [-0.2, 0) is 23.9 Å². The van der Waals surface area contributed by atoms with Gasteiger partial charge in [0.1, 0.15) is 0 Å². The zero-order chi connectivity index (χ0) is 19.9. The number of aromatic nitrogens is 1. The molecule has 1 unspecified atom stereocenters. The monoisotopic (exact) mass is 429 g/mol. The topological polar surface area (TPSA) is 148 Å². The molecular weight excluding hydrogens is 414 g/mol. The van der Waals surface area contributed by atoms with Crippen molar-refractivity contribution in [3.8, 4) is 0 Å². The molecule has 0 aliphatic carbocycles. The first-order valence-corrected chi connectivity index (χ1v) is 8.17. The van der Waals surface area contributed by atoms with E-state index in [0.717, 1.165) is 13.1 Å². The summed E-state index contributed by atoms with van der Waals surface area (Å²) in [6, 6.07) is 1.29. The summed E-state index contributed by atoms with van der Waals surface area (Å²) in [6.07, 6.45) is 1.24. The number of carboxylic acid groups (broad SMARTS) is 2. The van der Waals surface area contributed by atoms with Crippen LogP contribution in [0.1, 0.15) is 36.5 Å². The summed E-state index contributed by atoms with van der Waals surface area (Å²) in [5.41, 5.74) is -2.72. The number of hydrogen-bond donors (Lipinski definition) is 2. The molecule has 140 valence electrons. The van der Waals surface area contributed by atoms with Gasteiger partial charge >= 0.3 is 17.9 Å². The standard InChI is InChI=1S/C16H16BrNO8/c1-9(19)26-8-12(20)16(15(24)25,4-2-3-13(21)22)14(23)10-5-11(17)7-18-6-10/h5-7H,2-4,8H2,1H3,(H,21,22)(H,24,25). The summed E-state index contributed by atoms with van der Waals surface area (Å²) in [7, 11) is 0. The third-order valence-electron chi connectivity index (χ3n) is 3.54. The average Bonchev–Trinajstić information content (AvgIpc) is 2.55. The molecule has 1 heterocycles. The second kappa shape index (κ2) is 9.18. The molecule has 0 radical (unpaired) electrons. The van der Waals surface area contributed by atoms with Crippen molar-refractivity contribution in [1.82, 2.24) is 4.98 Å². The van der Waals surface area contributed by atoms with Crippen LogP contribution in [-0.4, -0.2) is 51.3 Å². The van der Waals surface area contributed by atoms with E-state index in [1.165, 1.54) is 12.3 Å². The van der Waals surface area contributed by atoms with Crippen molar-refractivity contribution in [2.45, 2.75) is 26.2 Å². The first kappa shape index (κ1) is 21.4. The van der Waals surface area contributed by atoms with Crippen molar-refractivity contribution >= 4 is 45.4 Å². The lowest BCUT2D eigenvalue weighted by atomic mass is 9.73. The van der Waals surface area contributed by atoms with Crippen LogP contribution in [0.2, 0.25) is 0 Å². The number of esters is 1. The van der Waals surface area contributed by atoms with Crippen molar-refractivity contribution in [2.75, 3.05) is 6.61 Å². The first-order chi connectivity index (χ1) is 12.1. The molecule has 0 aliphatic heterocycles. The molecule has 26 heavy (non-hydrogen) atoms. The van der Waals surface area contributed by atoms with Crippen LogP contribution in [0.15, 0.2) is 22.9 Å². The number of carbonyl (C=O) groups is 5. The summed E-state index contributed by atoms with van der Waals surface area (Å²) >= 11 is 3.10. The zero-order valence-corrected chi connectivity index (χ0v) is 15.3. The molecular formula is C16H16BrNO8. The molecule has 0 amide bonds. The molecule has 0 spiro atoms. The maximum absolute atomic E-state index is 12.9. The molecule has 1 rings (SSSR count). The minimum Gasteiger partial charge on any atom is -0.481 e. The van der Waals surface area contributed by atoms with Crippen LogP contribution < -0.4 is 0 Å². The van der Waals surface area contributed by atoms with Gasteiger partial charge in [0.05, 0.1) is 0 Å². The van der Waals surface area contributed by atoms with Gasteiger partial charge in [-0.1, -0.05) is 0 Å². The molecule has 0 aliphatic rings. The van der Waals surface area contributed by atoms with Crippen LogP contribution in [0.25, 0.3) is 0 Å². The molecule has 0 saturated heterocycles. The molecule has 0 fully saturated rings. The van der Waals surface area contributed by atoms with Gasteiger partial charge in [-0.2, -0.15) is 0 Å². The summed E-state index contributed by atoms with van der Waals surface area (Å²) in [5, 5.41) is 18.4. The van der Waals surface area contributed by atoms with Crippen LogP contribution in [0.3, 0.4) is 0 Å². The van der Waals surface area contributed by atoms with E-state index in [1.54, 1.807) is 0 Å². The van der Waals surface area contributed by atoms with Crippen molar-refractivity contribution in [1.29, 1.82) is 0 Å². The van der Waals surface area contributed by atoms with Gasteiger partial charge in [0.15, 0.2) is 23.6 Å². The van der Waals surface area contributed by atoms with Crippen molar-refractivity contribution in [3.05, 3.63) is 28.5 Å². The Labute approximate surface area is 156 Å². The normalized spacial score (nSPS) is 12.7. The summed E-state index contributed by atoms with van der Waals surface area (Å²) in [5.74, 6) is -5.96. The molecule has 0 bridgehead atoms. The Morgan fingerprint density at radius 1 is 1.19 bits per heavy atom. The van der Waals surface area contributed by atoms with E-state index >= 15 is 0 Å². The van der Waals surface area contributed by atoms with Gasteiger partial charge in [-0.05, 0) is 34.8 Å². The molecule has 0 aromatic carbocycles. The molecule has 2 N–H and O–H groups in total. The number of pyridine rings is 1. The highest BCUT2D eigenvalue weighted by molar-refractivity contribution is 9.10. The van der Waals surface area contributed by atoms with Gasteiger partial charge in [0.25, 0.3) is 0 Å². The number of hydrogen-bond acceptors (Lipinski definition) is 7. The minimum atomic E-state index is -2.58. The largest absolute Gasteiger partial charge is 0.481 e. The van der Waals surface area contributed by atoms with E-state index in [4.69, 9.17) is 5.11 Å². The third-order valence-corrected chi connectivity index (χ3v) is 3.98. The van der Waals surface area contributed by atoms with E-state index in [-0.39, 0.29) is 12.0 Å². The predicted molar refractivity (Wildman–Crippen MR) is 89.5 cm³/mol. The van der Waals surface area contributed by atoms with Gasteiger partial charge in [-0.3, -0.25) is 29.0 Å². The van der Waals surface area contributed by atoms with Crippen molar-refractivity contribution < 1.29 is 38.9 Å². The lowest BCUT2D eigenvalue weighted by molar-refractivity contribution is -0.157. The Morgan fingerprint density at radius 2 is 1.85 bits per heavy atom. The van der Waals surface area contributed by atoms with E-state index in [1.807, 2.05) is 0 Å². The van der Waals surface area contributed by atoms with Gasteiger partial charge in [0, 0.05) is 35.8 Å². The van der Waals surface area contributed by atoms with Gasteiger partial charge < -0.3 is 14.9 Å². The van der Waals surface area contributed by atoms with E-state index in [9.17, 15) is 29.1 Å². The Hall–Kier alpha value is -2.62. The predicted octanol–water partition coefficient (Wildman–Crippen LogP) is 1.48. The summed E-state index contributed by atoms with van der Waals surface area (Å²) in [6.45, 7) is 0.113. The first-order valence-electron chi connectivity index (χ1n) is 7.38. The molecule has 10 heteroatoms. The minimum absolute atomic E-state index is 0.145. The number of Topliss-reactive ketones (excluding diaryl/α,β-unsaturated/α-hetero) is 2. The number of rotatable bonds is 10. The number of aliphatic carboxylic acids is 2. The fourth-order valence-corrected chi connectivity index (χ4v) is 2.65. The molecule has 9 nitrogen and oxygen atoms in total. The number of ether oxygens (including phenoxy) is 1. The Kier molecular flexibility index (Phi) is 7.56. The quantitative estimate of drug-likeness (QED) is 0.320. The third kappa shape index (κ3) is 5.19. The fraction of sp³-hybridized carbons (Fsp3) is 0.375. The number of carbonyl (C=O) groups excluding carboxylic acids is 3. The fourth-order valence-electron chi connectivity index (χ4n) is 2.28. The molecule has 1 aromatic rings. The lowest BCUT2D eigenvalue weighted by Crippen LogP contribution is -2.48. The molecule has 1 aromatic heterocycles. The Bertz CT molecular complexity index is 748. The highest BCUT2D eigenvalue weighted by atomic mass is 79.9. The zero-order valence-electron chi connectivity index (χ0n) is 13.7. The van der Waals surface area contributed by atoms with Crippen molar-refractivity contribution in [3.63, 3.8) is 0 Å². The average molecular weight is 430 g/mol. The summed E-state index contributed by atoms with van der Waals surface area (Å²) in [4.78, 5) is 62.7. The Balaban J connectivity index is 3.33. The van der Waals surface area contributed by atoms with E-state index in [2.05, 4.69) is 25.7 Å². The van der Waals surface area contributed by atoms with E-state index < -0.39 is 54.3 Å². The van der Waals surface area contributed by atoms with E-state index in [0.29, 0.717) is 4.47 Å². The second-order valence-corrected chi connectivity index (χ2v) is 6.30. The SMILES string of the molecule is CC(=O)OCC(=O)C(CCCC(=O)O)(C(=O)O)C(=O)c1cncc(Br)c1. The lowest BCUT2D eigenvalue weighted by Gasteiger charge is -2.26. The second-order valence-electron chi connectivity index (χ2n) is 5.38. The van der Waals surface area contributed by atoms with Crippen LogP contribution in [0.5, 0.6) is 0 Å². The maximum atomic E-state index is 12.9. The highest BCUT2D eigenvalue weighted by Crippen LogP contribution is 2.32. The number of nitrogens with zero attached hydrogens (tertiary/aromatic N) is 1. The van der Waals surface area contributed by atoms with Crippen LogP contribution in [0.4, 0.5) is 0 Å². The maximum Gasteiger partial charge on any atom is 0.325 e. The van der Waals surface area contributed by atoms with Crippen LogP contribution >= 0.6 is 15.9 Å². The number of carboxylic acids is 2. The summed E-state index contributed by atoms with van der Waals surface area (Å²) < 4.78 is 4.94. The molecule has 0 saturated carbocycles. The number of ketones is 2. The van der Waals surface area contributed by atoms with Gasteiger partial charge in [0.2, 0.25) is 0 Å². The Morgan fingerprint density at radius 3 is 2.35 bits per heavy atom.